The third-order valence-electron chi connectivity index (χ3n) is 4.55. The van der Waals surface area contributed by atoms with Crippen LogP contribution >= 0.6 is 8.30 Å². The number of esters is 1. The minimum absolute atomic E-state index is 0.0922. The molecule has 2 rings (SSSR count). The van der Waals surface area contributed by atoms with Crippen LogP contribution in [-0.2, 0) is 20.8 Å². The number of nitrogen functional groups attached to an aromatic ring is 1. The maximum atomic E-state index is 12.0. The topological polar surface area (TPSA) is 137 Å². The quantitative estimate of drug-likeness (QED) is 0.230. The van der Waals surface area contributed by atoms with Crippen molar-refractivity contribution in [3.63, 3.8) is 0 Å². The van der Waals surface area contributed by atoms with Crippen molar-refractivity contribution >= 4 is 31.3 Å². The van der Waals surface area contributed by atoms with Gasteiger partial charge in [0.1, 0.15) is 32.5 Å². The van der Waals surface area contributed by atoms with Crippen molar-refractivity contribution in [3.05, 3.63) is 12.7 Å². The van der Waals surface area contributed by atoms with E-state index in [2.05, 4.69) is 27.0 Å². The molecule has 0 aromatic carbocycles. The molecule has 3 atom stereocenters. The highest BCUT2D eigenvalue weighted by atomic mass is 31.2. The number of fused-ring (bicyclic) bond motifs is 1. The van der Waals surface area contributed by atoms with Gasteiger partial charge in [0.05, 0.1) is 25.6 Å². The van der Waals surface area contributed by atoms with Gasteiger partial charge in [-0.05, 0) is 20.3 Å². The van der Waals surface area contributed by atoms with Crippen LogP contribution in [0.2, 0.25) is 0 Å². The molecule has 3 unspecified atom stereocenters. The second-order valence-electron chi connectivity index (χ2n) is 7.27. The normalized spacial score (nSPS) is 14.5. The number of anilines is 1. The van der Waals surface area contributed by atoms with E-state index in [0.29, 0.717) is 30.1 Å². The predicted octanol–water partition coefficient (Wildman–Crippen LogP) is 2.57. The molecule has 0 spiro atoms. The van der Waals surface area contributed by atoms with Crippen LogP contribution in [0.25, 0.3) is 11.2 Å². The Kier molecular flexibility index (Phi) is 10.4. The molecule has 0 fully saturated rings. The Morgan fingerprint density at radius 2 is 2.03 bits per heavy atom. The molecule has 30 heavy (non-hydrogen) atoms. The maximum absolute atomic E-state index is 12.0. The van der Waals surface area contributed by atoms with Gasteiger partial charge in [0.2, 0.25) is 0 Å². The Bertz CT molecular complexity index is 789. The lowest BCUT2D eigenvalue weighted by molar-refractivity contribution is -0.145. The molecule has 0 bridgehead atoms. The zero-order valence-electron chi connectivity index (χ0n) is 18.0. The number of carbonyl (C=O) groups is 1. The Labute approximate surface area is 178 Å². The van der Waals surface area contributed by atoms with Gasteiger partial charge < -0.3 is 24.7 Å². The summed E-state index contributed by atoms with van der Waals surface area (Å²) in [6.07, 6.45) is 8.39. The molecule has 2 heterocycles. The molecule has 0 aliphatic heterocycles. The van der Waals surface area contributed by atoms with E-state index in [-0.39, 0.29) is 18.4 Å². The average molecular weight is 440 g/mol. The summed E-state index contributed by atoms with van der Waals surface area (Å²) >= 11 is 0. The molecule has 0 amide bonds. The van der Waals surface area contributed by atoms with Crippen LogP contribution in [-0.4, -0.2) is 55.5 Å². The molecule has 4 N–H and O–H groups in total. The van der Waals surface area contributed by atoms with E-state index in [1.165, 1.54) is 19.2 Å². The molecule has 10 nitrogen and oxygen atoms in total. The minimum atomic E-state index is -1.66. The van der Waals surface area contributed by atoms with Crippen molar-refractivity contribution in [3.8, 4) is 0 Å². The monoisotopic (exact) mass is 440 g/mol. The van der Waals surface area contributed by atoms with Gasteiger partial charge in [0, 0.05) is 0 Å². The number of nitrogens with two attached hydrogens (primary N) is 1. The molecule has 2 aromatic heterocycles. The van der Waals surface area contributed by atoms with E-state index < -0.39 is 14.3 Å². The van der Waals surface area contributed by atoms with Gasteiger partial charge in [-0.3, -0.25) is 9.88 Å². The number of carbonyl (C=O) groups excluding carboxylic acids is 1. The molecule has 0 aliphatic carbocycles. The summed E-state index contributed by atoms with van der Waals surface area (Å²) in [5.74, 6) is -0.0283. The standard InChI is InChI=1S/C19H33N6O4P/c1-4-5-6-7-8-9-28-19(26)15(3)24-30(27)13-29-14(2)10-25-12-23-16-17(20)21-11-22-18(16)25/h11-12,14-15,24,27H,4-10,13H2,1-3H3,(H2,20,21,22). The largest absolute Gasteiger partial charge is 0.465 e. The summed E-state index contributed by atoms with van der Waals surface area (Å²) in [5, 5.41) is 2.86. The number of rotatable bonds is 14. The van der Waals surface area contributed by atoms with E-state index in [0.717, 1.165) is 19.3 Å². The highest BCUT2D eigenvalue weighted by Crippen LogP contribution is 2.26. The first-order valence-electron chi connectivity index (χ1n) is 10.3. The smallest absolute Gasteiger partial charge is 0.323 e. The van der Waals surface area contributed by atoms with Crippen molar-refractivity contribution in [2.45, 2.75) is 71.6 Å². The Morgan fingerprint density at radius 1 is 1.27 bits per heavy atom. The fourth-order valence-electron chi connectivity index (χ4n) is 2.88. The number of nitrogens with one attached hydrogen (secondary N) is 1. The van der Waals surface area contributed by atoms with Gasteiger partial charge in [0.15, 0.2) is 11.5 Å². The van der Waals surface area contributed by atoms with Crippen molar-refractivity contribution in [2.24, 2.45) is 0 Å². The van der Waals surface area contributed by atoms with Crippen LogP contribution < -0.4 is 10.8 Å². The lowest BCUT2D eigenvalue weighted by Crippen LogP contribution is -2.33. The second kappa shape index (κ2) is 12.7. The molecule has 168 valence electrons. The van der Waals surface area contributed by atoms with E-state index in [1.807, 2.05) is 11.5 Å². The molecule has 2 aromatic rings. The number of aromatic nitrogens is 4. The van der Waals surface area contributed by atoms with Crippen LogP contribution in [0.4, 0.5) is 5.82 Å². The SMILES string of the molecule is CCCCCCCOC(=O)C(C)NP(O)COC(C)Cn1cnc2c(N)ncnc21. The summed E-state index contributed by atoms with van der Waals surface area (Å²) in [6, 6.07) is -0.590. The number of hydrogen-bond donors (Lipinski definition) is 3. The first-order chi connectivity index (χ1) is 14.4. The lowest BCUT2D eigenvalue weighted by Gasteiger charge is -2.20. The fraction of sp³-hybridized carbons (Fsp3) is 0.684. The van der Waals surface area contributed by atoms with Crippen LogP contribution in [0.15, 0.2) is 12.7 Å². The Hall–Kier alpha value is -1.87. The molecule has 0 radical (unpaired) electrons. The van der Waals surface area contributed by atoms with Crippen LogP contribution in [0.5, 0.6) is 0 Å². The third kappa shape index (κ3) is 7.75. The summed E-state index contributed by atoms with van der Waals surface area (Å²) in [5.41, 5.74) is 6.97. The molecular formula is C19H33N6O4P. The average Bonchev–Trinajstić information content (AvgIpc) is 3.13. The highest BCUT2D eigenvalue weighted by molar-refractivity contribution is 7.49. The maximum Gasteiger partial charge on any atom is 0.323 e. The summed E-state index contributed by atoms with van der Waals surface area (Å²) in [7, 11) is -1.66. The zero-order chi connectivity index (χ0) is 21.9. The summed E-state index contributed by atoms with van der Waals surface area (Å²) < 4.78 is 12.8. The van der Waals surface area contributed by atoms with E-state index in [4.69, 9.17) is 15.2 Å². The summed E-state index contributed by atoms with van der Waals surface area (Å²) in [6.45, 7) is 6.63. The van der Waals surface area contributed by atoms with Gasteiger partial charge in [-0.2, -0.15) is 0 Å². The minimum Gasteiger partial charge on any atom is -0.465 e. The van der Waals surface area contributed by atoms with Gasteiger partial charge in [-0.1, -0.05) is 32.6 Å². The van der Waals surface area contributed by atoms with Crippen molar-refractivity contribution in [1.29, 1.82) is 0 Å². The number of unbranched alkanes of at least 4 members (excludes halogenated alkanes) is 4. The Morgan fingerprint density at radius 3 is 2.80 bits per heavy atom. The van der Waals surface area contributed by atoms with E-state index in [9.17, 15) is 9.69 Å². The number of hydrogen-bond acceptors (Lipinski definition) is 9. The lowest BCUT2D eigenvalue weighted by atomic mass is 10.2. The van der Waals surface area contributed by atoms with Gasteiger partial charge in [-0.15, -0.1) is 0 Å². The number of imidazole rings is 1. The highest BCUT2D eigenvalue weighted by Gasteiger charge is 2.19. The number of ether oxygens (including phenoxy) is 2. The second-order valence-corrected chi connectivity index (χ2v) is 8.58. The summed E-state index contributed by atoms with van der Waals surface area (Å²) in [4.78, 5) is 34.5. The fourth-order valence-corrected chi connectivity index (χ4v) is 3.90. The van der Waals surface area contributed by atoms with Crippen molar-refractivity contribution in [2.75, 3.05) is 18.7 Å². The predicted molar refractivity (Wildman–Crippen MR) is 117 cm³/mol. The third-order valence-corrected chi connectivity index (χ3v) is 5.63. The van der Waals surface area contributed by atoms with Crippen LogP contribution in [0.3, 0.4) is 0 Å². The van der Waals surface area contributed by atoms with Crippen LogP contribution in [0, 0.1) is 0 Å². The molecule has 0 aliphatic rings. The number of nitrogens with zero attached hydrogens (tertiary/aromatic N) is 4. The molecular weight excluding hydrogens is 407 g/mol. The molecule has 0 saturated heterocycles. The molecule has 0 saturated carbocycles. The van der Waals surface area contributed by atoms with Gasteiger partial charge in [0.25, 0.3) is 0 Å². The van der Waals surface area contributed by atoms with E-state index in [1.54, 1.807) is 13.3 Å². The van der Waals surface area contributed by atoms with Gasteiger partial charge in [-0.25, -0.2) is 15.0 Å². The van der Waals surface area contributed by atoms with Crippen LogP contribution in [0.1, 0.15) is 52.9 Å². The Balaban J connectivity index is 1.67. The first-order valence-corrected chi connectivity index (χ1v) is 11.8. The zero-order valence-corrected chi connectivity index (χ0v) is 18.8. The first kappa shape index (κ1) is 24.4. The van der Waals surface area contributed by atoms with Crippen molar-refractivity contribution < 1.29 is 19.2 Å². The van der Waals surface area contributed by atoms with E-state index >= 15 is 0 Å². The van der Waals surface area contributed by atoms with Gasteiger partial charge >= 0.3 is 5.97 Å². The van der Waals surface area contributed by atoms with Crippen molar-refractivity contribution in [1.82, 2.24) is 24.6 Å². The molecule has 11 heteroatoms.